The Morgan fingerprint density at radius 1 is 1.14 bits per heavy atom. The van der Waals surface area contributed by atoms with E-state index in [0.29, 0.717) is 11.9 Å². The first kappa shape index (κ1) is 15.3. The largest absolute Gasteiger partial charge is 0.350 e. The van der Waals surface area contributed by atoms with Crippen LogP contribution in [0.15, 0.2) is 24.4 Å². The smallest absolute Gasteiger partial charge is 0.225 e. The number of amides is 1. The highest BCUT2D eigenvalue weighted by molar-refractivity contribution is 5.79. The molecule has 0 aromatic carbocycles. The Morgan fingerprint density at radius 2 is 1.91 bits per heavy atom. The molecule has 4 nitrogen and oxygen atoms in total. The number of pyridine rings is 1. The molecule has 1 amide bonds. The van der Waals surface area contributed by atoms with Crippen molar-refractivity contribution in [2.45, 2.75) is 45.6 Å². The average Bonchev–Trinajstić information content (AvgIpc) is 2.55. The van der Waals surface area contributed by atoms with Gasteiger partial charge < -0.3 is 9.80 Å². The average molecular weight is 301 g/mol. The van der Waals surface area contributed by atoms with Gasteiger partial charge in [-0.1, -0.05) is 13.0 Å². The van der Waals surface area contributed by atoms with Gasteiger partial charge in [0.1, 0.15) is 5.82 Å². The second kappa shape index (κ2) is 6.67. The predicted molar refractivity (Wildman–Crippen MR) is 88.7 cm³/mol. The summed E-state index contributed by atoms with van der Waals surface area (Å²) in [7, 11) is 0. The molecule has 0 unspecified atom stereocenters. The lowest BCUT2D eigenvalue weighted by molar-refractivity contribution is -0.137. The van der Waals surface area contributed by atoms with E-state index in [0.717, 1.165) is 44.2 Å². The van der Waals surface area contributed by atoms with Crippen molar-refractivity contribution in [3.63, 3.8) is 0 Å². The molecule has 120 valence electrons. The summed E-state index contributed by atoms with van der Waals surface area (Å²) in [5.74, 6) is 2.47. The minimum atomic E-state index is 0.268. The van der Waals surface area contributed by atoms with Gasteiger partial charge in [-0.05, 0) is 50.7 Å². The van der Waals surface area contributed by atoms with E-state index in [1.54, 1.807) is 0 Å². The van der Waals surface area contributed by atoms with Crippen LogP contribution in [-0.4, -0.2) is 41.5 Å². The van der Waals surface area contributed by atoms with Gasteiger partial charge >= 0.3 is 0 Å². The molecule has 1 saturated heterocycles. The zero-order valence-electron chi connectivity index (χ0n) is 13.7. The van der Waals surface area contributed by atoms with E-state index >= 15 is 0 Å². The predicted octanol–water partition coefficient (Wildman–Crippen LogP) is 2.95. The SMILES string of the molecule is CC1CCC(C(=O)N2CCN(c3ccccn3)[C@H](C)C2)CC1. The Kier molecular flexibility index (Phi) is 4.65. The van der Waals surface area contributed by atoms with Crippen LogP contribution in [0.1, 0.15) is 39.5 Å². The molecule has 2 aliphatic rings. The van der Waals surface area contributed by atoms with Gasteiger partial charge in [0.05, 0.1) is 0 Å². The van der Waals surface area contributed by atoms with E-state index in [9.17, 15) is 4.79 Å². The quantitative estimate of drug-likeness (QED) is 0.842. The highest BCUT2D eigenvalue weighted by atomic mass is 16.2. The van der Waals surface area contributed by atoms with Crippen molar-refractivity contribution in [3.8, 4) is 0 Å². The van der Waals surface area contributed by atoms with E-state index in [2.05, 4.69) is 34.7 Å². The zero-order valence-corrected chi connectivity index (χ0v) is 13.7. The maximum absolute atomic E-state index is 12.7. The van der Waals surface area contributed by atoms with Crippen molar-refractivity contribution < 1.29 is 4.79 Å². The summed E-state index contributed by atoms with van der Waals surface area (Å²) in [6.07, 6.45) is 6.41. The number of aromatic nitrogens is 1. The van der Waals surface area contributed by atoms with Crippen LogP contribution in [-0.2, 0) is 4.79 Å². The number of anilines is 1. The van der Waals surface area contributed by atoms with Crippen LogP contribution in [0.4, 0.5) is 5.82 Å². The van der Waals surface area contributed by atoms with E-state index in [4.69, 9.17) is 0 Å². The van der Waals surface area contributed by atoms with Crippen LogP contribution >= 0.6 is 0 Å². The molecule has 2 heterocycles. The van der Waals surface area contributed by atoms with Crippen LogP contribution in [0.2, 0.25) is 0 Å². The second-order valence-corrected chi connectivity index (χ2v) is 6.97. The number of rotatable bonds is 2. The van der Waals surface area contributed by atoms with Crippen LogP contribution in [0.5, 0.6) is 0 Å². The number of carbonyl (C=O) groups excluding carboxylic acids is 1. The van der Waals surface area contributed by atoms with Gasteiger partial charge in [-0.3, -0.25) is 4.79 Å². The molecule has 22 heavy (non-hydrogen) atoms. The Morgan fingerprint density at radius 3 is 2.55 bits per heavy atom. The molecule has 1 saturated carbocycles. The molecular weight excluding hydrogens is 274 g/mol. The summed E-state index contributed by atoms with van der Waals surface area (Å²) < 4.78 is 0. The summed E-state index contributed by atoms with van der Waals surface area (Å²) in [5.41, 5.74) is 0. The molecular formula is C18H27N3O. The Hall–Kier alpha value is -1.58. The molecule has 1 aromatic heterocycles. The van der Waals surface area contributed by atoms with Crippen molar-refractivity contribution >= 4 is 11.7 Å². The lowest BCUT2D eigenvalue weighted by Gasteiger charge is -2.42. The maximum atomic E-state index is 12.7. The lowest BCUT2D eigenvalue weighted by Crippen LogP contribution is -2.55. The van der Waals surface area contributed by atoms with Gasteiger partial charge in [0, 0.05) is 37.8 Å². The summed E-state index contributed by atoms with van der Waals surface area (Å²) >= 11 is 0. The first-order valence-electron chi connectivity index (χ1n) is 8.61. The summed E-state index contributed by atoms with van der Waals surface area (Å²) in [6, 6.07) is 6.35. The normalized spacial score (nSPS) is 29.5. The molecule has 1 atom stereocenters. The Balaban J connectivity index is 1.59. The molecule has 0 N–H and O–H groups in total. The van der Waals surface area contributed by atoms with Gasteiger partial charge in [-0.15, -0.1) is 0 Å². The third kappa shape index (κ3) is 3.26. The molecule has 1 aliphatic heterocycles. The van der Waals surface area contributed by atoms with Gasteiger partial charge in [-0.25, -0.2) is 4.98 Å². The number of piperazine rings is 1. The fraction of sp³-hybridized carbons (Fsp3) is 0.667. The second-order valence-electron chi connectivity index (χ2n) is 6.97. The first-order valence-corrected chi connectivity index (χ1v) is 8.61. The van der Waals surface area contributed by atoms with Gasteiger partial charge in [-0.2, -0.15) is 0 Å². The Labute approximate surface area is 133 Å². The van der Waals surface area contributed by atoms with Gasteiger partial charge in [0.2, 0.25) is 5.91 Å². The van der Waals surface area contributed by atoms with Crippen molar-refractivity contribution in [2.75, 3.05) is 24.5 Å². The summed E-state index contributed by atoms with van der Waals surface area (Å²) in [5, 5.41) is 0. The highest BCUT2D eigenvalue weighted by Crippen LogP contribution is 2.30. The first-order chi connectivity index (χ1) is 10.6. The lowest BCUT2D eigenvalue weighted by atomic mass is 9.82. The topological polar surface area (TPSA) is 36.4 Å². The minimum Gasteiger partial charge on any atom is -0.350 e. The fourth-order valence-corrected chi connectivity index (χ4v) is 3.79. The van der Waals surface area contributed by atoms with Crippen LogP contribution in [0.3, 0.4) is 0 Å². The molecule has 4 heteroatoms. The molecule has 0 spiro atoms. The van der Waals surface area contributed by atoms with Crippen LogP contribution in [0.25, 0.3) is 0 Å². The van der Waals surface area contributed by atoms with E-state index < -0.39 is 0 Å². The van der Waals surface area contributed by atoms with E-state index in [-0.39, 0.29) is 5.92 Å². The monoisotopic (exact) mass is 301 g/mol. The van der Waals surface area contributed by atoms with Gasteiger partial charge in [0.15, 0.2) is 0 Å². The number of nitrogens with zero attached hydrogens (tertiary/aromatic N) is 3. The van der Waals surface area contributed by atoms with Crippen molar-refractivity contribution in [2.24, 2.45) is 11.8 Å². The van der Waals surface area contributed by atoms with Crippen molar-refractivity contribution in [1.29, 1.82) is 0 Å². The molecule has 1 aliphatic carbocycles. The van der Waals surface area contributed by atoms with E-state index in [1.807, 2.05) is 18.3 Å². The molecule has 1 aromatic rings. The number of hydrogen-bond donors (Lipinski definition) is 0. The fourth-order valence-electron chi connectivity index (χ4n) is 3.79. The maximum Gasteiger partial charge on any atom is 0.225 e. The third-order valence-electron chi connectivity index (χ3n) is 5.25. The minimum absolute atomic E-state index is 0.268. The molecule has 0 radical (unpaired) electrons. The summed E-state index contributed by atoms with van der Waals surface area (Å²) in [4.78, 5) is 21.6. The van der Waals surface area contributed by atoms with Crippen molar-refractivity contribution in [1.82, 2.24) is 9.88 Å². The van der Waals surface area contributed by atoms with Crippen LogP contribution < -0.4 is 4.90 Å². The Bertz CT molecular complexity index is 496. The van der Waals surface area contributed by atoms with Gasteiger partial charge in [0.25, 0.3) is 0 Å². The molecule has 0 bridgehead atoms. The van der Waals surface area contributed by atoms with Crippen molar-refractivity contribution in [3.05, 3.63) is 24.4 Å². The van der Waals surface area contributed by atoms with E-state index in [1.165, 1.54) is 12.8 Å². The molecule has 2 fully saturated rings. The highest BCUT2D eigenvalue weighted by Gasteiger charge is 2.32. The zero-order chi connectivity index (χ0) is 15.5. The number of carbonyl (C=O) groups is 1. The molecule has 3 rings (SSSR count). The third-order valence-corrected chi connectivity index (χ3v) is 5.25. The number of hydrogen-bond acceptors (Lipinski definition) is 3. The summed E-state index contributed by atoms with van der Waals surface area (Å²) in [6.45, 7) is 7.02. The standard InChI is InChI=1S/C18H27N3O/c1-14-6-8-16(9-7-14)18(22)20-11-12-21(15(2)13-20)17-5-3-4-10-19-17/h3-5,10,14-16H,6-9,11-13H2,1-2H3/t14?,15-,16?/m1/s1. The van der Waals surface area contributed by atoms with Crippen LogP contribution in [0, 0.1) is 11.8 Å².